The number of rotatable bonds is 4. The zero-order chi connectivity index (χ0) is 13.0. The first-order chi connectivity index (χ1) is 8.69. The molecule has 1 heterocycles. The van der Waals surface area contributed by atoms with E-state index < -0.39 is 0 Å². The zero-order valence-electron chi connectivity index (χ0n) is 11.0. The molecule has 94 valence electrons. The summed E-state index contributed by atoms with van der Waals surface area (Å²) in [5.74, 6) is 1.64. The van der Waals surface area contributed by atoms with Crippen LogP contribution < -0.4 is 10.1 Å². The summed E-state index contributed by atoms with van der Waals surface area (Å²) in [5.41, 5.74) is 3.38. The Morgan fingerprint density at radius 3 is 2.61 bits per heavy atom. The van der Waals surface area contributed by atoms with Crippen LogP contribution >= 0.6 is 0 Å². The minimum atomic E-state index is 0.766. The summed E-state index contributed by atoms with van der Waals surface area (Å²) < 4.78 is 5.81. The topological polar surface area (TPSA) is 34.1 Å². The highest BCUT2D eigenvalue weighted by Gasteiger charge is 2.02. The third-order valence-corrected chi connectivity index (χ3v) is 2.71. The van der Waals surface area contributed by atoms with E-state index in [0.717, 1.165) is 29.3 Å². The van der Waals surface area contributed by atoms with E-state index in [9.17, 15) is 0 Å². The molecule has 0 saturated carbocycles. The minimum Gasteiger partial charge on any atom is -0.455 e. The van der Waals surface area contributed by atoms with Crippen molar-refractivity contribution in [2.24, 2.45) is 0 Å². The van der Waals surface area contributed by atoms with Crippen LogP contribution in [0.2, 0.25) is 0 Å². The van der Waals surface area contributed by atoms with E-state index in [1.165, 1.54) is 5.56 Å². The summed E-state index contributed by atoms with van der Waals surface area (Å²) >= 11 is 0. The van der Waals surface area contributed by atoms with Crippen LogP contribution in [-0.4, -0.2) is 12.0 Å². The fourth-order valence-corrected chi connectivity index (χ4v) is 1.80. The zero-order valence-corrected chi connectivity index (χ0v) is 11.0. The van der Waals surface area contributed by atoms with Crippen LogP contribution in [-0.2, 0) is 6.54 Å². The maximum absolute atomic E-state index is 5.81. The van der Waals surface area contributed by atoms with E-state index >= 15 is 0 Å². The number of ether oxygens (including phenoxy) is 1. The Labute approximate surface area is 108 Å². The molecule has 0 bridgehead atoms. The molecule has 0 aliphatic rings. The van der Waals surface area contributed by atoms with Gasteiger partial charge in [0, 0.05) is 6.54 Å². The average molecular weight is 242 g/mol. The number of hydrogen-bond acceptors (Lipinski definition) is 3. The van der Waals surface area contributed by atoms with Gasteiger partial charge in [-0.2, -0.15) is 0 Å². The van der Waals surface area contributed by atoms with Crippen LogP contribution in [0.15, 0.2) is 36.5 Å². The largest absolute Gasteiger partial charge is 0.455 e. The molecule has 0 fully saturated rings. The van der Waals surface area contributed by atoms with Crippen LogP contribution in [0.1, 0.15) is 16.8 Å². The van der Waals surface area contributed by atoms with E-state index in [2.05, 4.69) is 23.3 Å². The van der Waals surface area contributed by atoms with E-state index in [1.807, 2.05) is 38.2 Å². The molecule has 2 rings (SSSR count). The Hall–Kier alpha value is -1.87. The van der Waals surface area contributed by atoms with Crippen molar-refractivity contribution in [2.45, 2.75) is 20.4 Å². The van der Waals surface area contributed by atoms with Crippen molar-refractivity contribution in [3.8, 4) is 11.5 Å². The lowest BCUT2D eigenvalue weighted by Crippen LogP contribution is -2.06. The van der Waals surface area contributed by atoms with Gasteiger partial charge in [-0.3, -0.25) is 4.98 Å². The third kappa shape index (κ3) is 3.08. The molecule has 0 radical (unpaired) electrons. The van der Waals surface area contributed by atoms with E-state index in [4.69, 9.17) is 4.74 Å². The van der Waals surface area contributed by atoms with E-state index in [-0.39, 0.29) is 0 Å². The molecule has 0 unspecified atom stereocenters. The monoisotopic (exact) mass is 242 g/mol. The van der Waals surface area contributed by atoms with Gasteiger partial charge in [0.2, 0.25) is 0 Å². The maximum atomic E-state index is 5.81. The molecule has 1 aromatic carbocycles. The first kappa shape index (κ1) is 12.6. The summed E-state index contributed by atoms with van der Waals surface area (Å²) in [6, 6.07) is 10.1. The summed E-state index contributed by atoms with van der Waals surface area (Å²) in [5, 5.41) is 3.07. The molecule has 1 aromatic heterocycles. The van der Waals surface area contributed by atoms with Gasteiger partial charge in [0.25, 0.3) is 0 Å². The smallest absolute Gasteiger partial charge is 0.145 e. The number of nitrogens with zero attached hydrogens (tertiary/aromatic N) is 1. The maximum Gasteiger partial charge on any atom is 0.145 e. The second kappa shape index (κ2) is 5.65. The Morgan fingerprint density at radius 1 is 1.17 bits per heavy atom. The molecule has 0 spiro atoms. The molecule has 18 heavy (non-hydrogen) atoms. The molecule has 0 atom stereocenters. The molecular weight excluding hydrogens is 224 g/mol. The summed E-state index contributed by atoms with van der Waals surface area (Å²) in [4.78, 5) is 4.32. The van der Waals surface area contributed by atoms with Crippen molar-refractivity contribution in [1.29, 1.82) is 0 Å². The molecule has 1 N–H and O–H groups in total. The van der Waals surface area contributed by atoms with Crippen molar-refractivity contribution in [3.05, 3.63) is 53.3 Å². The van der Waals surface area contributed by atoms with E-state index in [0.29, 0.717) is 0 Å². The van der Waals surface area contributed by atoms with Gasteiger partial charge in [0.15, 0.2) is 0 Å². The van der Waals surface area contributed by atoms with Crippen LogP contribution in [0.25, 0.3) is 0 Å². The second-order valence-corrected chi connectivity index (χ2v) is 4.39. The highest BCUT2D eigenvalue weighted by Crippen LogP contribution is 2.25. The number of aryl methyl sites for hydroxylation is 2. The number of pyridine rings is 1. The highest BCUT2D eigenvalue weighted by molar-refractivity contribution is 5.38. The fourth-order valence-electron chi connectivity index (χ4n) is 1.80. The quantitative estimate of drug-likeness (QED) is 0.894. The van der Waals surface area contributed by atoms with Crippen LogP contribution in [0, 0.1) is 13.8 Å². The SMILES string of the molecule is CNCc1ccc(Oc2ccc(C)cc2C)cn1. The van der Waals surface area contributed by atoms with Gasteiger partial charge in [-0.25, -0.2) is 0 Å². The average Bonchev–Trinajstić information content (AvgIpc) is 2.35. The Morgan fingerprint density at radius 2 is 2.00 bits per heavy atom. The van der Waals surface area contributed by atoms with Gasteiger partial charge < -0.3 is 10.1 Å². The van der Waals surface area contributed by atoms with Crippen molar-refractivity contribution >= 4 is 0 Å². The van der Waals surface area contributed by atoms with Crippen molar-refractivity contribution < 1.29 is 4.74 Å². The fraction of sp³-hybridized carbons (Fsp3) is 0.267. The molecule has 0 amide bonds. The van der Waals surface area contributed by atoms with Crippen molar-refractivity contribution in [3.63, 3.8) is 0 Å². The number of aromatic nitrogens is 1. The lowest BCUT2D eigenvalue weighted by atomic mass is 10.1. The highest BCUT2D eigenvalue weighted by atomic mass is 16.5. The Bertz CT molecular complexity index is 521. The number of hydrogen-bond donors (Lipinski definition) is 1. The van der Waals surface area contributed by atoms with Gasteiger partial charge in [-0.1, -0.05) is 17.7 Å². The first-order valence-electron chi connectivity index (χ1n) is 6.03. The predicted octanol–water partition coefficient (Wildman–Crippen LogP) is 3.21. The molecule has 3 heteroatoms. The summed E-state index contributed by atoms with van der Waals surface area (Å²) in [6.07, 6.45) is 1.76. The standard InChI is InChI=1S/C15H18N2O/c1-11-4-7-15(12(2)8-11)18-14-6-5-13(9-16-3)17-10-14/h4-8,10,16H,9H2,1-3H3. The summed E-state index contributed by atoms with van der Waals surface area (Å²) in [6.45, 7) is 4.89. The minimum absolute atomic E-state index is 0.766. The number of benzene rings is 1. The third-order valence-electron chi connectivity index (χ3n) is 2.71. The normalized spacial score (nSPS) is 10.4. The van der Waals surface area contributed by atoms with Gasteiger partial charge in [-0.05, 0) is 44.7 Å². The first-order valence-corrected chi connectivity index (χ1v) is 6.03. The second-order valence-electron chi connectivity index (χ2n) is 4.39. The van der Waals surface area contributed by atoms with Gasteiger partial charge >= 0.3 is 0 Å². The molecule has 0 aliphatic heterocycles. The molecular formula is C15H18N2O. The van der Waals surface area contributed by atoms with Gasteiger partial charge in [-0.15, -0.1) is 0 Å². The Kier molecular flexibility index (Phi) is 3.95. The molecule has 0 aliphatic carbocycles. The summed E-state index contributed by atoms with van der Waals surface area (Å²) in [7, 11) is 1.90. The van der Waals surface area contributed by atoms with Crippen LogP contribution in [0.4, 0.5) is 0 Å². The molecule has 2 aromatic rings. The van der Waals surface area contributed by atoms with Crippen LogP contribution in [0.3, 0.4) is 0 Å². The Balaban J connectivity index is 2.13. The number of nitrogens with one attached hydrogen (secondary N) is 1. The van der Waals surface area contributed by atoms with Crippen molar-refractivity contribution in [1.82, 2.24) is 10.3 Å². The lowest BCUT2D eigenvalue weighted by Gasteiger charge is -2.09. The lowest BCUT2D eigenvalue weighted by molar-refractivity contribution is 0.475. The molecule has 3 nitrogen and oxygen atoms in total. The van der Waals surface area contributed by atoms with Crippen LogP contribution in [0.5, 0.6) is 11.5 Å². The van der Waals surface area contributed by atoms with E-state index in [1.54, 1.807) is 6.20 Å². The van der Waals surface area contributed by atoms with Gasteiger partial charge in [0.05, 0.1) is 11.9 Å². The predicted molar refractivity (Wildman–Crippen MR) is 73.0 cm³/mol. The van der Waals surface area contributed by atoms with Gasteiger partial charge in [0.1, 0.15) is 11.5 Å². The van der Waals surface area contributed by atoms with Crippen molar-refractivity contribution in [2.75, 3.05) is 7.05 Å². The molecule has 0 saturated heterocycles.